The standard InChI is InChI=1S/C41H61FINO4SSi3/c1-39(2,3)50(10,11)46-32-24-25-33(34(26-32)47-51(12,13)40(4,5)6)36-37(38(45)44(36)31-22-20-30(43)21-23-31)49-27-35(28-16-18-29(42)19-17-28)48-52(14,15)41(7,8)9/h16-26,35-37H,27H2,1-15H3/t35-,36+,37+/m0/s1. The van der Waals surface area contributed by atoms with E-state index in [1.54, 1.807) is 11.8 Å². The van der Waals surface area contributed by atoms with E-state index in [0.29, 0.717) is 5.75 Å². The van der Waals surface area contributed by atoms with Gasteiger partial charge in [-0.2, -0.15) is 0 Å². The molecule has 4 rings (SSSR count). The Balaban J connectivity index is 1.82. The van der Waals surface area contributed by atoms with Gasteiger partial charge in [0.2, 0.25) is 22.5 Å². The van der Waals surface area contributed by atoms with Crippen molar-refractivity contribution in [2.45, 2.75) is 134 Å². The van der Waals surface area contributed by atoms with Crippen molar-refractivity contribution in [2.75, 3.05) is 10.7 Å². The minimum Gasteiger partial charge on any atom is -0.543 e. The summed E-state index contributed by atoms with van der Waals surface area (Å²) < 4.78 is 36.2. The van der Waals surface area contributed by atoms with Gasteiger partial charge in [-0.25, -0.2) is 4.39 Å². The monoisotopic (exact) mass is 893 g/mol. The van der Waals surface area contributed by atoms with E-state index in [2.05, 4.69) is 142 Å². The van der Waals surface area contributed by atoms with E-state index in [4.69, 9.17) is 13.3 Å². The SMILES string of the molecule is CC(C)(C)[Si](C)(C)Oc1ccc([C@@H]2[C@@H](SC[C@H](O[Si](C)(C)C(C)(C)C)c3ccc(F)cc3)C(=O)N2c2ccc(I)cc2)c(O[Si](C)(C)C(C)(C)C)c1. The predicted octanol–water partition coefficient (Wildman–Crippen LogP) is 13.2. The van der Waals surface area contributed by atoms with Crippen LogP contribution in [0.1, 0.15) is 85.6 Å². The van der Waals surface area contributed by atoms with E-state index in [1.807, 2.05) is 41.3 Å². The molecule has 1 saturated heterocycles. The maximum absolute atomic E-state index is 14.4. The third-order valence-corrected chi connectivity index (χ3v) is 26.9. The summed E-state index contributed by atoms with van der Waals surface area (Å²) in [6, 6.07) is 20.8. The Hall–Kier alpha value is -1.65. The Morgan fingerprint density at radius 1 is 0.750 bits per heavy atom. The van der Waals surface area contributed by atoms with Crippen LogP contribution in [0.25, 0.3) is 0 Å². The van der Waals surface area contributed by atoms with Crippen molar-refractivity contribution in [1.29, 1.82) is 0 Å². The van der Waals surface area contributed by atoms with Gasteiger partial charge in [0.1, 0.15) is 22.6 Å². The van der Waals surface area contributed by atoms with Crippen LogP contribution in [0.15, 0.2) is 66.7 Å². The quantitative estimate of drug-likeness (QED) is 0.103. The first-order valence-electron chi connectivity index (χ1n) is 18.3. The Morgan fingerprint density at radius 3 is 1.79 bits per heavy atom. The van der Waals surface area contributed by atoms with E-state index in [9.17, 15) is 9.18 Å². The van der Waals surface area contributed by atoms with Crippen LogP contribution in [-0.2, 0) is 9.22 Å². The zero-order valence-electron chi connectivity index (χ0n) is 34.0. The lowest BCUT2D eigenvalue weighted by Gasteiger charge is -2.48. The number of carbonyl (C=O) groups is 1. The van der Waals surface area contributed by atoms with Gasteiger partial charge in [0.15, 0.2) is 8.32 Å². The summed E-state index contributed by atoms with van der Waals surface area (Å²) in [5, 5.41) is -0.400. The Kier molecular flexibility index (Phi) is 12.8. The fraction of sp³-hybridized carbons (Fsp3) is 0.537. The molecule has 5 nitrogen and oxygen atoms in total. The number of halogens is 2. The van der Waals surface area contributed by atoms with Gasteiger partial charge in [-0.05, 0) is 131 Å². The lowest BCUT2D eigenvalue weighted by Crippen LogP contribution is -2.58. The fourth-order valence-electron chi connectivity index (χ4n) is 5.20. The van der Waals surface area contributed by atoms with Crippen molar-refractivity contribution in [3.63, 3.8) is 0 Å². The summed E-state index contributed by atoms with van der Waals surface area (Å²) in [5.74, 6) is 1.92. The molecular formula is C41H61FINO4SSi3. The third kappa shape index (κ3) is 9.58. The second kappa shape index (κ2) is 15.5. The highest BCUT2D eigenvalue weighted by atomic mass is 127. The summed E-state index contributed by atoms with van der Waals surface area (Å²) in [6.07, 6.45) is -0.296. The highest BCUT2D eigenvalue weighted by Crippen LogP contribution is 2.51. The Labute approximate surface area is 334 Å². The lowest BCUT2D eigenvalue weighted by atomic mass is 9.91. The number of thioether (sulfide) groups is 1. The van der Waals surface area contributed by atoms with Crippen molar-refractivity contribution in [3.05, 3.63) is 87.2 Å². The molecule has 3 aromatic carbocycles. The topological polar surface area (TPSA) is 48.0 Å². The Bertz CT molecular complexity index is 1710. The number of hydrogen-bond acceptors (Lipinski definition) is 5. The fourth-order valence-corrected chi connectivity index (χ4v) is 10.4. The number of β-lactam (4-membered cyclic amide) rings is 1. The first kappa shape index (κ1) is 43.1. The van der Waals surface area contributed by atoms with E-state index >= 15 is 0 Å². The molecular weight excluding hydrogens is 833 g/mol. The summed E-state index contributed by atoms with van der Waals surface area (Å²) in [4.78, 5) is 16.3. The van der Waals surface area contributed by atoms with Crippen LogP contribution in [0.3, 0.4) is 0 Å². The molecule has 0 saturated carbocycles. The van der Waals surface area contributed by atoms with Gasteiger partial charge in [0, 0.05) is 26.6 Å². The van der Waals surface area contributed by atoms with Crippen LogP contribution >= 0.6 is 34.4 Å². The zero-order valence-corrected chi connectivity index (χ0v) is 40.0. The van der Waals surface area contributed by atoms with E-state index in [1.165, 1.54) is 12.1 Å². The number of rotatable bonds is 12. The predicted molar refractivity (Wildman–Crippen MR) is 235 cm³/mol. The smallest absolute Gasteiger partial charge is 0.250 e. The summed E-state index contributed by atoms with van der Waals surface area (Å²) in [5.41, 5.74) is 2.76. The molecule has 3 atom stereocenters. The molecule has 0 aliphatic carbocycles. The average Bonchev–Trinajstić information content (AvgIpc) is 2.99. The molecule has 11 heteroatoms. The first-order chi connectivity index (χ1) is 23.6. The second-order valence-corrected chi connectivity index (χ2v) is 35.4. The molecule has 0 radical (unpaired) electrons. The molecule has 0 spiro atoms. The number of carbonyl (C=O) groups excluding carboxylic acids is 1. The van der Waals surface area contributed by atoms with Gasteiger partial charge in [0.25, 0.3) is 0 Å². The van der Waals surface area contributed by atoms with Crippen LogP contribution < -0.4 is 13.8 Å². The largest absolute Gasteiger partial charge is 0.543 e. The molecule has 286 valence electrons. The van der Waals surface area contributed by atoms with Crippen molar-refractivity contribution in [3.8, 4) is 11.5 Å². The zero-order chi connectivity index (χ0) is 39.2. The molecule has 0 bridgehead atoms. The first-order valence-corrected chi connectivity index (χ1v) is 29.2. The van der Waals surface area contributed by atoms with Crippen LogP contribution in [0.4, 0.5) is 10.1 Å². The van der Waals surface area contributed by atoms with Crippen molar-refractivity contribution in [2.24, 2.45) is 0 Å². The van der Waals surface area contributed by atoms with Crippen LogP contribution in [0.5, 0.6) is 11.5 Å². The molecule has 1 aliphatic heterocycles. The van der Waals surface area contributed by atoms with Crippen molar-refractivity contribution >= 4 is 70.9 Å². The van der Waals surface area contributed by atoms with Gasteiger partial charge in [0.05, 0.1) is 12.1 Å². The molecule has 1 amide bonds. The van der Waals surface area contributed by atoms with Crippen molar-refractivity contribution < 1.29 is 22.5 Å². The molecule has 0 aromatic heterocycles. The minimum absolute atomic E-state index is 0.0173. The van der Waals surface area contributed by atoms with Crippen LogP contribution in [-0.4, -0.2) is 41.9 Å². The third-order valence-electron chi connectivity index (χ3n) is 11.7. The maximum Gasteiger partial charge on any atom is 0.250 e. The molecule has 0 N–H and O–H groups in total. The molecule has 1 fully saturated rings. The number of nitrogens with zero attached hydrogens (tertiary/aromatic N) is 1. The lowest BCUT2D eigenvalue weighted by molar-refractivity contribution is -0.123. The Morgan fingerprint density at radius 2 is 1.27 bits per heavy atom. The van der Waals surface area contributed by atoms with Gasteiger partial charge >= 0.3 is 0 Å². The molecule has 52 heavy (non-hydrogen) atoms. The van der Waals surface area contributed by atoms with Crippen molar-refractivity contribution in [1.82, 2.24) is 0 Å². The highest BCUT2D eigenvalue weighted by molar-refractivity contribution is 14.1. The van der Waals surface area contributed by atoms with E-state index in [-0.39, 0.29) is 44.2 Å². The second-order valence-electron chi connectivity index (χ2n) is 18.7. The summed E-state index contributed by atoms with van der Waals surface area (Å²) in [7, 11) is -6.67. The van der Waals surface area contributed by atoms with Gasteiger partial charge < -0.3 is 18.2 Å². The molecule has 0 unspecified atom stereocenters. The van der Waals surface area contributed by atoms with E-state index < -0.39 is 25.0 Å². The van der Waals surface area contributed by atoms with Gasteiger partial charge in [-0.3, -0.25) is 4.79 Å². The summed E-state index contributed by atoms with van der Waals surface area (Å²) in [6.45, 7) is 33.7. The van der Waals surface area contributed by atoms with Gasteiger partial charge in [-0.15, -0.1) is 11.8 Å². The van der Waals surface area contributed by atoms with Gasteiger partial charge in [-0.1, -0.05) is 74.4 Å². The number of amides is 1. The number of anilines is 1. The normalized spacial score (nSPS) is 18.2. The maximum atomic E-state index is 14.4. The highest BCUT2D eigenvalue weighted by Gasteiger charge is 2.52. The average molecular weight is 894 g/mol. The summed E-state index contributed by atoms with van der Waals surface area (Å²) >= 11 is 3.93. The van der Waals surface area contributed by atoms with Crippen LogP contribution in [0.2, 0.25) is 54.4 Å². The molecule has 3 aromatic rings. The number of benzene rings is 3. The minimum atomic E-state index is -2.31. The molecule has 1 aliphatic rings. The number of hydrogen-bond donors (Lipinski definition) is 0. The van der Waals surface area contributed by atoms with Crippen LogP contribution in [0, 0.1) is 9.39 Å². The van der Waals surface area contributed by atoms with E-state index in [0.717, 1.165) is 31.9 Å². The molecule has 1 heterocycles.